The Balaban J connectivity index is 2.12. The number of rotatable bonds is 3. The van der Waals surface area contributed by atoms with Crippen LogP contribution in [-0.4, -0.2) is 41.7 Å². The first-order valence-electron chi connectivity index (χ1n) is 6.02. The van der Waals surface area contributed by atoms with Gasteiger partial charge in [0.25, 0.3) is 0 Å². The molecule has 0 spiro atoms. The summed E-state index contributed by atoms with van der Waals surface area (Å²) in [6.07, 6.45) is -0.176. The lowest BCUT2D eigenvalue weighted by atomic mass is 10.1. The SMILES string of the molecule is CC(C(=O)O)N1CCOC(c2ccc(Cl)c(Cl)c2)C1. The largest absolute Gasteiger partial charge is 0.480 e. The van der Waals surface area contributed by atoms with Crippen LogP contribution in [0.2, 0.25) is 10.0 Å². The van der Waals surface area contributed by atoms with Crippen molar-refractivity contribution in [3.05, 3.63) is 33.8 Å². The third kappa shape index (κ3) is 3.39. The number of ether oxygens (including phenoxy) is 1. The van der Waals surface area contributed by atoms with E-state index in [9.17, 15) is 4.79 Å². The van der Waals surface area contributed by atoms with Crippen LogP contribution in [0.15, 0.2) is 18.2 Å². The van der Waals surface area contributed by atoms with Gasteiger partial charge in [-0.2, -0.15) is 0 Å². The second kappa shape index (κ2) is 6.09. The zero-order valence-electron chi connectivity index (χ0n) is 10.5. The molecule has 1 aromatic carbocycles. The molecule has 6 heteroatoms. The van der Waals surface area contributed by atoms with Gasteiger partial charge >= 0.3 is 5.97 Å². The molecule has 0 amide bonds. The van der Waals surface area contributed by atoms with E-state index in [1.165, 1.54) is 0 Å². The van der Waals surface area contributed by atoms with E-state index in [-0.39, 0.29) is 6.10 Å². The third-order valence-corrected chi connectivity index (χ3v) is 4.06. The lowest BCUT2D eigenvalue weighted by molar-refractivity contribution is -0.145. The Hall–Kier alpha value is -0.810. The number of halogens is 2. The minimum absolute atomic E-state index is 0.176. The number of carboxylic acid groups (broad SMARTS) is 1. The summed E-state index contributed by atoms with van der Waals surface area (Å²) in [4.78, 5) is 12.9. The van der Waals surface area contributed by atoms with Gasteiger partial charge in [-0.1, -0.05) is 29.3 Å². The van der Waals surface area contributed by atoms with Gasteiger partial charge in [-0.15, -0.1) is 0 Å². The molecular weight excluding hydrogens is 289 g/mol. The molecule has 1 fully saturated rings. The van der Waals surface area contributed by atoms with Crippen molar-refractivity contribution in [2.75, 3.05) is 19.7 Å². The molecule has 1 saturated heterocycles. The minimum atomic E-state index is -0.824. The lowest BCUT2D eigenvalue weighted by Crippen LogP contribution is -2.46. The van der Waals surface area contributed by atoms with Crippen LogP contribution in [0.25, 0.3) is 0 Å². The van der Waals surface area contributed by atoms with Crippen LogP contribution in [0.5, 0.6) is 0 Å². The Morgan fingerprint density at radius 3 is 2.84 bits per heavy atom. The summed E-state index contributed by atoms with van der Waals surface area (Å²) in [6.45, 7) is 3.33. The summed E-state index contributed by atoms with van der Waals surface area (Å²) in [5.74, 6) is -0.824. The molecule has 2 unspecified atom stereocenters. The molecule has 4 nitrogen and oxygen atoms in total. The molecule has 2 rings (SSSR count). The van der Waals surface area contributed by atoms with Crippen molar-refractivity contribution in [3.8, 4) is 0 Å². The number of nitrogens with zero attached hydrogens (tertiary/aromatic N) is 1. The van der Waals surface area contributed by atoms with Gasteiger partial charge < -0.3 is 9.84 Å². The smallest absolute Gasteiger partial charge is 0.320 e. The Morgan fingerprint density at radius 1 is 1.47 bits per heavy atom. The molecule has 1 aliphatic rings. The predicted octanol–water partition coefficient (Wildman–Crippen LogP) is 2.84. The zero-order chi connectivity index (χ0) is 14.0. The van der Waals surface area contributed by atoms with Crippen LogP contribution in [0.1, 0.15) is 18.6 Å². The summed E-state index contributed by atoms with van der Waals surface area (Å²) < 4.78 is 5.68. The maximum Gasteiger partial charge on any atom is 0.320 e. The number of morpholine rings is 1. The minimum Gasteiger partial charge on any atom is -0.480 e. The number of hydrogen-bond acceptors (Lipinski definition) is 3. The molecule has 0 saturated carbocycles. The number of benzene rings is 1. The van der Waals surface area contributed by atoms with E-state index in [0.29, 0.717) is 29.7 Å². The van der Waals surface area contributed by atoms with Gasteiger partial charge in [0.1, 0.15) is 6.04 Å². The summed E-state index contributed by atoms with van der Waals surface area (Å²) in [7, 11) is 0. The maximum absolute atomic E-state index is 11.0. The molecule has 1 aliphatic heterocycles. The maximum atomic E-state index is 11.0. The van der Waals surface area contributed by atoms with Gasteiger partial charge in [-0.25, -0.2) is 0 Å². The van der Waals surface area contributed by atoms with E-state index >= 15 is 0 Å². The number of carbonyl (C=O) groups is 1. The molecule has 1 N–H and O–H groups in total. The molecular formula is C13H15Cl2NO3. The number of hydrogen-bond donors (Lipinski definition) is 1. The van der Waals surface area contributed by atoms with Gasteiger partial charge in [0.05, 0.1) is 22.8 Å². The first kappa shape index (κ1) is 14.6. The standard InChI is InChI=1S/C13H15Cl2NO3/c1-8(13(17)18)16-4-5-19-12(7-16)9-2-3-10(14)11(15)6-9/h2-3,6,8,12H,4-5,7H2,1H3,(H,17,18). The van der Waals surface area contributed by atoms with Gasteiger partial charge in [0.15, 0.2) is 0 Å². The van der Waals surface area contributed by atoms with Gasteiger partial charge in [-0.05, 0) is 24.6 Å². The van der Waals surface area contributed by atoms with Crippen LogP contribution >= 0.6 is 23.2 Å². The van der Waals surface area contributed by atoms with Crippen LogP contribution in [0.3, 0.4) is 0 Å². The highest BCUT2D eigenvalue weighted by atomic mass is 35.5. The molecule has 0 bridgehead atoms. The summed E-state index contributed by atoms with van der Waals surface area (Å²) in [5.41, 5.74) is 0.914. The van der Waals surface area contributed by atoms with Crippen molar-refractivity contribution in [3.63, 3.8) is 0 Å². The monoisotopic (exact) mass is 303 g/mol. The van der Waals surface area contributed by atoms with E-state index in [4.69, 9.17) is 33.0 Å². The van der Waals surface area contributed by atoms with Crippen molar-refractivity contribution in [1.29, 1.82) is 0 Å². The second-order valence-electron chi connectivity index (χ2n) is 4.54. The highest BCUT2D eigenvalue weighted by Crippen LogP contribution is 2.29. The van der Waals surface area contributed by atoms with Crippen molar-refractivity contribution in [2.24, 2.45) is 0 Å². The third-order valence-electron chi connectivity index (χ3n) is 3.32. The quantitative estimate of drug-likeness (QED) is 0.933. The average Bonchev–Trinajstić information content (AvgIpc) is 2.41. The second-order valence-corrected chi connectivity index (χ2v) is 5.36. The Bertz CT molecular complexity index is 481. The fourth-order valence-corrected chi connectivity index (χ4v) is 2.40. The first-order chi connectivity index (χ1) is 8.99. The highest BCUT2D eigenvalue weighted by molar-refractivity contribution is 6.42. The van der Waals surface area contributed by atoms with E-state index < -0.39 is 12.0 Å². The van der Waals surface area contributed by atoms with Crippen molar-refractivity contribution >= 4 is 29.2 Å². The Kier molecular flexibility index (Phi) is 4.68. The molecule has 0 aliphatic carbocycles. The highest BCUT2D eigenvalue weighted by Gasteiger charge is 2.28. The van der Waals surface area contributed by atoms with Crippen molar-refractivity contribution in [1.82, 2.24) is 4.90 Å². The average molecular weight is 304 g/mol. The molecule has 1 heterocycles. The topological polar surface area (TPSA) is 49.8 Å². The molecule has 2 atom stereocenters. The van der Waals surface area contributed by atoms with E-state index in [1.54, 1.807) is 19.1 Å². The van der Waals surface area contributed by atoms with E-state index in [1.807, 2.05) is 11.0 Å². The molecule has 0 radical (unpaired) electrons. The Morgan fingerprint density at radius 2 is 2.21 bits per heavy atom. The van der Waals surface area contributed by atoms with Crippen LogP contribution < -0.4 is 0 Å². The fourth-order valence-electron chi connectivity index (χ4n) is 2.09. The molecule has 0 aromatic heterocycles. The van der Waals surface area contributed by atoms with E-state index in [2.05, 4.69) is 0 Å². The Labute approximate surface area is 121 Å². The van der Waals surface area contributed by atoms with Crippen molar-refractivity contribution in [2.45, 2.75) is 19.1 Å². The first-order valence-corrected chi connectivity index (χ1v) is 6.78. The number of carboxylic acids is 1. The summed E-state index contributed by atoms with van der Waals surface area (Å²) in [6, 6.07) is 4.83. The van der Waals surface area contributed by atoms with Crippen LogP contribution in [0, 0.1) is 0 Å². The predicted molar refractivity (Wildman–Crippen MR) is 73.8 cm³/mol. The van der Waals surface area contributed by atoms with Gasteiger partial charge in [-0.3, -0.25) is 9.69 Å². The fraction of sp³-hybridized carbons (Fsp3) is 0.462. The molecule has 1 aromatic rings. The molecule has 104 valence electrons. The molecule has 19 heavy (non-hydrogen) atoms. The normalized spacial score (nSPS) is 22.2. The summed E-state index contributed by atoms with van der Waals surface area (Å²) >= 11 is 11.9. The van der Waals surface area contributed by atoms with Gasteiger partial charge in [0, 0.05) is 13.1 Å². The van der Waals surface area contributed by atoms with E-state index in [0.717, 1.165) is 5.56 Å². The number of aliphatic carboxylic acids is 1. The van der Waals surface area contributed by atoms with Crippen LogP contribution in [-0.2, 0) is 9.53 Å². The lowest BCUT2D eigenvalue weighted by Gasteiger charge is -2.35. The van der Waals surface area contributed by atoms with Crippen molar-refractivity contribution < 1.29 is 14.6 Å². The zero-order valence-corrected chi connectivity index (χ0v) is 12.0. The van der Waals surface area contributed by atoms with Crippen LogP contribution in [0.4, 0.5) is 0 Å². The summed E-state index contributed by atoms with van der Waals surface area (Å²) in [5, 5.41) is 10.0. The van der Waals surface area contributed by atoms with Gasteiger partial charge in [0.2, 0.25) is 0 Å².